The number of carbonyl (C=O) groups excluding carboxylic acids is 2. The number of anilines is 1. The van der Waals surface area contributed by atoms with E-state index in [1.807, 2.05) is 29.2 Å². The van der Waals surface area contributed by atoms with Crippen LogP contribution in [0.4, 0.5) is 11.4 Å². The molecule has 2 amide bonds. The molecule has 9 heteroatoms. The highest BCUT2D eigenvalue weighted by Gasteiger charge is 2.38. The number of hydrogen-bond acceptors (Lipinski definition) is 6. The Kier molecular flexibility index (Phi) is 5.43. The quantitative estimate of drug-likeness (QED) is 0.486. The van der Waals surface area contributed by atoms with Gasteiger partial charge in [-0.1, -0.05) is 24.3 Å². The van der Waals surface area contributed by atoms with Gasteiger partial charge in [0, 0.05) is 29.9 Å². The molecule has 1 aliphatic rings. The van der Waals surface area contributed by atoms with Crippen LogP contribution in [0, 0.1) is 10.1 Å². The number of para-hydroxylation sites is 2. The zero-order valence-corrected chi connectivity index (χ0v) is 17.8. The number of fused-ring (bicyclic) bond motifs is 1. The highest BCUT2D eigenvalue weighted by atomic mass is 32.1. The predicted molar refractivity (Wildman–Crippen MR) is 119 cm³/mol. The van der Waals surface area contributed by atoms with Gasteiger partial charge >= 0.3 is 0 Å². The minimum Gasteiger partial charge on any atom is -0.358 e. The van der Waals surface area contributed by atoms with Crippen LogP contribution in [0.3, 0.4) is 0 Å². The molecule has 1 N–H and O–H groups in total. The molecule has 3 aromatic rings. The van der Waals surface area contributed by atoms with Crippen molar-refractivity contribution in [1.29, 1.82) is 0 Å². The Bertz CT molecular complexity index is 1180. The minimum absolute atomic E-state index is 0.0246. The summed E-state index contributed by atoms with van der Waals surface area (Å²) in [4.78, 5) is 41.4. The summed E-state index contributed by atoms with van der Waals surface area (Å²) in [5.74, 6) is -0.326. The second kappa shape index (κ2) is 8.19. The highest BCUT2D eigenvalue weighted by Crippen LogP contribution is 2.43. The highest BCUT2D eigenvalue weighted by molar-refractivity contribution is 7.15. The Morgan fingerprint density at radius 3 is 2.48 bits per heavy atom. The van der Waals surface area contributed by atoms with Crippen molar-refractivity contribution in [3.8, 4) is 10.4 Å². The Balaban J connectivity index is 1.80. The van der Waals surface area contributed by atoms with Crippen LogP contribution in [0.5, 0.6) is 0 Å². The SMILES string of the molecule is CNC(=O)CN1c2ccccc2C(=O)N(C)[C@H]1c1ccc(-c2ccccc2[N+](=O)[O-])s1. The second-order valence-electron chi connectivity index (χ2n) is 7.08. The van der Waals surface area contributed by atoms with Crippen LogP contribution in [0.15, 0.2) is 60.7 Å². The molecule has 1 aromatic heterocycles. The number of nitro groups is 1. The van der Waals surface area contributed by atoms with Crippen molar-refractivity contribution in [3.63, 3.8) is 0 Å². The first kappa shape index (κ1) is 20.5. The molecule has 0 radical (unpaired) electrons. The third-order valence-electron chi connectivity index (χ3n) is 5.27. The summed E-state index contributed by atoms with van der Waals surface area (Å²) in [6, 6.07) is 17.4. The fourth-order valence-electron chi connectivity index (χ4n) is 3.77. The van der Waals surface area contributed by atoms with Crippen molar-refractivity contribution >= 4 is 34.5 Å². The fraction of sp³-hybridized carbons (Fsp3) is 0.182. The molecule has 4 rings (SSSR count). The van der Waals surface area contributed by atoms with E-state index < -0.39 is 11.1 Å². The van der Waals surface area contributed by atoms with Crippen molar-refractivity contribution in [2.24, 2.45) is 0 Å². The van der Waals surface area contributed by atoms with Gasteiger partial charge < -0.3 is 15.1 Å². The molecule has 0 unspecified atom stereocenters. The van der Waals surface area contributed by atoms with Gasteiger partial charge in [-0.3, -0.25) is 19.7 Å². The first-order valence-corrected chi connectivity index (χ1v) is 10.4. The number of nitrogens with zero attached hydrogens (tertiary/aromatic N) is 3. The lowest BCUT2D eigenvalue weighted by molar-refractivity contribution is -0.384. The molecular formula is C22H20N4O4S. The van der Waals surface area contributed by atoms with Gasteiger partial charge in [0.05, 0.1) is 28.3 Å². The summed E-state index contributed by atoms with van der Waals surface area (Å²) in [6.45, 7) is 0.0640. The number of rotatable bonds is 5. The van der Waals surface area contributed by atoms with Crippen molar-refractivity contribution in [1.82, 2.24) is 10.2 Å². The van der Waals surface area contributed by atoms with Crippen LogP contribution < -0.4 is 10.2 Å². The van der Waals surface area contributed by atoms with Gasteiger partial charge in [0.2, 0.25) is 5.91 Å². The van der Waals surface area contributed by atoms with E-state index in [2.05, 4.69) is 5.32 Å². The van der Waals surface area contributed by atoms with E-state index in [4.69, 9.17) is 0 Å². The average Bonchev–Trinajstić information content (AvgIpc) is 3.26. The van der Waals surface area contributed by atoms with Crippen molar-refractivity contribution in [3.05, 3.63) is 81.2 Å². The molecule has 1 aliphatic heterocycles. The molecule has 0 bridgehead atoms. The number of thiophene rings is 1. The number of benzene rings is 2. The molecule has 0 saturated carbocycles. The smallest absolute Gasteiger partial charge is 0.278 e. The molecular weight excluding hydrogens is 416 g/mol. The van der Waals surface area contributed by atoms with Gasteiger partial charge in [-0.25, -0.2) is 0 Å². The molecule has 0 aliphatic carbocycles. The lowest BCUT2D eigenvalue weighted by Crippen LogP contribution is -2.50. The minimum atomic E-state index is -0.513. The summed E-state index contributed by atoms with van der Waals surface area (Å²) in [5.41, 5.74) is 1.75. The maximum Gasteiger partial charge on any atom is 0.278 e. The van der Waals surface area contributed by atoms with Gasteiger partial charge in [-0.05, 0) is 30.3 Å². The summed E-state index contributed by atoms with van der Waals surface area (Å²) in [6.07, 6.45) is -0.513. The molecule has 31 heavy (non-hydrogen) atoms. The standard InChI is InChI=1S/C22H20N4O4S/c1-23-20(27)13-25-16-9-5-4-8-15(16)22(28)24(2)21(25)19-12-11-18(31-19)14-7-3-6-10-17(14)26(29)30/h3-12,21H,13H2,1-2H3,(H,23,27)/t21-/m1/s1. The van der Waals surface area contributed by atoms with Crippen molar-refractivity contribution in [2.45, 2.75) is 6.17 Å². The van der Waals surface area contributed by atoms with Gasteiger partial charge in [0.15, 0.2) is 0 Å². The van der Waals surface area contributed by atoms with E-state index in [-0.39, 0.29) is 24.0 Å². The molecule has 0 saturated heterocycles. The number of nitro benzene ring substituents is 1. The van der Waals surface area contributed by atoms with E-state index in [1.165, 1.54) is 17.4 Å². The molecule has 0 fully saturated rings. The number of carbonyl (C=O) groups is 2. The predicted octanol–water partition coefficient (Wildman–Crippen LogP) is 3.66. The molecule has 2 heterocycles. The summed E-state index contributed by atoms with van der Waals surface area (Å²) in [5, 5.41) is 14.1. The maximum atomic E-state index is 13.0. The van der Waals surface area contributed by atoms with Gasteiger partial charge in [-0.15, -0.1) is 11.3 Å². The van der Waals surface area contributed by atoms with E-state index in [0.717, 1.165) is 9.75 Å². The Hall–Kier alpha value is -3.72. The molecule has 2 aromatic carbocycles. The Morgan fingerprint density at radius 2 is 1.77 bits per heavy atom. The monoisotopic (exact) mass is 436 g/mol. The zero-order valence-electron chi connectivity index (χ0n) is 16.9. The Morgan fingerprint density at radius 1 is 1.10 bits per heavy atom. The van der Waals surface area contributed by atoms with E-state index in [1.54, 1.807) is 49.3 Å². The fourth-order valence-corrected chi connectivity index (χ4v) is 4.97. The van der Waals surface area contributed by atoms with Crippen molar-refractivity contribution in [2.75, 3.05) is 25.5 Å². The first-order valence-electron chi connectivity index (χ1n) is 9.59. The van der Waals surface area contributed by atoms with Crippen LogP contribution in [-0.2, 0) is 4.79 Å². The molecule has 8 nitrogen and oxygen atoms in total. The van der Waals surface area contributed by atoms with Crippen LogP contribution in [0.2, 0.25) is 0 Å². The summed E-state index contributed by atoms with van der Waals surface area (Å²) in [7, 11) is 3.27. The van der Waals surface area contributed by atoms with Crippen LogP contribution in [-0.4, -0.2) is 42.3 Å². The molecule has 158 valence electrons. The van der Waals surface area contributed by atoms with Gasteiger partial charge in [0.1, 0.15) is 6.17 Å². The van der Waals surface area contributed by atoms with E-state index in [9.17, 15) is 19.7 Å². The lowest BCUT2D eigenvalue weighted by Gasteiger charge is -2.43. The second-order valence-corrected chi connectivity index (χ2v) is 8.20. The number of likely N-dealkylation sites (N-methyl/N-ethyl adjacent to an activating group) is 1. The maximum absolute atomic E-state index is 13.0. The largest absolute Gasteiger partial charge is 0.358 e. The van der Waals surface area contributed by atoms with Crippen LogP contribution >= 0.6 is 11.3 Å². The van der Waals surface area contributed by atoms with Crippen LogP contribution in [0.1, 0.15) is 21.4 Å². The van der Waals surface area contributed by atoms with Crippen molar-refractivity contribution < 1.29 is 14.5 Å². The topological polar surface area (TPSA) is 95.8 Å². The molecule has 1 atom stereocenters. The first-order chi connectivity index (χ1) is 14.9. The third kappa shape index (κ3) is 3.64. The molecule has 0 spiro atoms. The lowest BCUT2D eigenvalue weighted by atomic mass is 10.0. The summed E-state index contributed by atoms with van der Waals surface area (Å²) >= 11 is 1.37. The van der Waals surface area contributed by atoms with E-state index in [0.29, 0.717) is 16.8 Å². The zero-order chi connectivity index (χ0) is 22.1. The third-order valence-corrected chi connectivity index (χ3v) is 6.43. The number of hydrogen-bond donors (Lipinski definition) is 1. The van der Waals surface area contributed by atoms with E-state index >= 15 is 0 Å². The normalized spacial score (nSPS) is 15.5. The van der Waals surface area contributed by atoms with Crippen LogP contribution in [0.25, 0.3) is 10.4 Å². The number of nitrogens with one attached hydrogen (secondary N) is 1. The van der Waals surface area contributed by atoms with Gasteiger partial charge in [-0.2, -0.15) is 0 Å². The Labute approximate surface area is 182 Å². The summed E-state index contributed by atoms with van der Waals surface area (Å²) < 4.78 is 0. The average molecular weight is 436 g/mol. The van der Waals surface area contributed by atoms with Gasteiger partial charge in [0.25, 0.3) is 11.6 Å². The number of amides is 2.